The molecule has 6 nitrogen and oxygen atoms in total. The Morgan fingerprint density at radius 2 is 1.66 bits per heavy atom. The molecule has 0 saturated heterocycles. The third-order valence-electron chi connectivity index (χ3n) is 3.93. The maximum atomic E-state index is 12.9. The molecule has 148 valence electrons. The van der Waals surface area contributed by atoms with E-state index < -0.39 is 23.6 Å². The SMILES string of the molecule is NC(=O)c1ccc(NC(=O)c2cccnc2Nc2cccc(C(F)(F)F)c2)cc1. The van der Waals surface area contributed by atoms with Crippen LogP contribution in [0.3, 0.4) is 0 Å². The van der Waals surface area contributed by atoms with Gasteiger partial charge in [0.2, 0.25) is 5.91 Å². The summed E-state index contributed by atoms with van der Waals surface area (Å²) >= 11 is 0. The molecule has 0 aliphatic heterocycles. The maximum Gasteiger partial charge on any atom is 0.416 e. The fourth-order valence-electron chi connectivity index (χ4n) is 2.51. The normalized spacial score (nSPS) is 11.0. The standard InChI is InChI=1S/C20H15F3N4O2/c21-20(22,23)13-3-1-4-15(11-13)26-18-16(5-2-10-25-18)19(29)27-14-8-6-12(7-9-14)17(24)28/h1-11H,(H2,24,28)(H,25,26)(H,27,29). The molecule has 0 unspecified atom stereocenters. The minimum Gasteiger partial charge on any atom is -0.366 e. The molecule has 29 heavy (non-hydrogen) atoms. The molecule has 0 aliphatic rings. The zero-order chi connectivity index (χ0) is 21.0. The summed E-state index contributed by atoms with van der Waals surface area (Å²) in [7, 11) is 0. The molecule has 1 aromatic heterocycles. The van der Waals surface area contributed by atoms with Crippen molar-refractivity contribution < 1.29 is 22.8 Å². The van der Waals surface area contributed by atoms with Crippen molar-refractivity contribution in [1.29, 1.82) is 0 Å². The lowest BCUT2D eigenvalue weighted by Crippen LogP contribution is -2.15. The molecular weight excluding hydrogens is 385 g/mol. The Labute approximate surface area is 163 Å². The Bertz CT molecular complexity index is 1050. The molecule has 0 saturated carbocycles. The highest BCUT2D eigenvalue weighted by atomic mass is 19.4. The van der Waals surface area contributed by atoms with Gasteiger partial charge in [-0.25, -0.2) is 4.98 Å². The number of amides is 2. The summed E-state index contributed by atoms with van der Waals surface area (Å²) in [6.45, 7) is 0. The summed E-state index contributed by atoms with van der Waals surface area (Å²) in [6.07, 6.45) is -3.08. The van der Waals surface area contributed by atoms with Gasteiger partial charge < -0.3 is 16.4 Å². The van der Waals surface area contributed by atoms with Gasteiger partial charge in [0.25, 0.3) is 5.91 Å². The van der Waals surface area contributed by atoms with E-state index in [1.165, 1.54) is 54.7 Å². The predicted molar refractivity (Wildman–Crippen MR) is 102 cm³/mol. The average molecular weight is 400 g/mol. The Hall–Kier alpha value is -3.88. The Morgan fingerprint density at radius 3 is 2.31 bits per heavy atom. The first-order chi connectivity index (χ1) is 13.7. The number of nitrogens with two attached hydrogens (primary N) is 1. The number of pyridine rings is 1. The molecule has 9 heteroatoms. The fraction of sp³-hybridized carbons (Fsp3) is 0.0500. The van der Waals surface area contributed by atoms with Crippen molar-refractivity contribution in [2.75, 3.05) is 10.6 Å². The molecule has 2 amide bonds. The largest absolute Gasteiger partial charge is 0.416 e. The molecular formula is C20H15F3N4O2. The van der Waals surface area contributed by atoms with E-state index in [1.54, 1.807) is 0 Å². The molecule has 0 aliphatic carbocycles. The molecule has 3 aromatic rings. The second kappa shape index (κ2) is 8.01. The van der Waals surface area contributed by atoms with Crippen molar-refractivity contribution in [3.63, 3.8) is 0 Å². The Kier molecular flexibility index (Phi) is 5.49. The van der Waals surface area contributed by atoms with Crippen LogP contribution in [-0.2, 0) is 6.18 Å². The second-order valence-electron chi connectivity index (χ2n) is 6.00. The lowest BCUT2D eigenvalue weighted by Gasteiger charge is -2.13. The van der Waals surface area contributed by atoms with E-state index in [9.17, 15) is 22.8 Å². The van der Waals surface area contributed by atoms with Gasteiger partial charge >= 0.3 is 6.18 Å². The summed E-state index contributed by atoms with van der Waals surface area (Å²) < 4.78 is 38.7. The summed E-state index contributed by atoms with van der Waals surface area (Å²) in [5.74, 6) is -1.03. The highest BCUT2D eigenvalue weighted by Crippen LogP contribution is 2.31. The lowest BCUT2D eigenvalue weighted by molar-refractivity contribution is -0.137. The summed E-state index contributed by atoms with van der Waals surface area (Å²) in [5.41, 5.74) is 5.32. The van der Waals surface area contributed by atoms with Crippen LogP contribution in [0.2, 0.25) is 0 Å². The van der Waals surface area contributed by atoms with Crippen LogP contribution in [0.15, 0.2) is 66.9 Å². The third kappa shape index (κ3) is 4.89. The van der Waals surface area contributed by atoms with Crippen LogP contribution < -0.4 is 16.4 Å². The number of rotatable bonds is 5. The van der Waals surface area contributed by atoms with Crippen molar-refractivity contribution in [3.8, 4) is 0 Å². The van der Waals surface area contributed by atoms with E-state index in [0.717, 1.165) is 12.1 Å². The highest BCUT2D eigenvalue weighted by molar-refractivity contribution is 6.08. The summed E-state index contributed by atoms with van der Waals surface area (Å²) in [5, 5.41) is 5.38. The van der Waals surface area contributed by atoms with Gasteiger partial charge in [0.05, 0.1) is 11.1 Å². The monoisotopic (exact) mass is 400 g/mol. The molecule has 0 bridgehead atoms. The summed E-state index contributed by atoms with van der Waals surface area (Å²) in [6, 6.07) is 13.5. The van der Waals surface area contributed by atoms with Crippen LogP contribution >= 0.6 is 0 Å². The van der Waals surface area contributed by atoms with E-state index in [1.807, 2.05) is 0 Å². The predicted octanol–water partition coefficient (Wildman–Crippen LogP) is 4.20. The van der Waals surface area contributed by atoms with Crippen LogP contribution in [-0.4, -0.2) is 16.8 Å². The van der Waals surface area contributed by atoms with Crippen LogP contribution in [0.4, 0.5) is 30.4 Å². The first kappa shape index (κ1) is 19.9. The van der Waals surface area contributed by atoms with Gasteiger partial charge in [0, 0.05) is 23.1 Å². The zero-order valence-corrected chi connectivity index (χ0v) is 14.8. The second-order valence-corrected chi connectivity index (χ2v) is 6.00. The van der Waals surface area contributed by atoms with Crippen molar-refractivity contribution in [1.82, 2.24) is 4.98 Å². The number of halogens is 3. The van der Waals surface area contributed by atoms with E-state index in [0.29, 0.717) is 5.69 Å². The highest BCUT2D eigenvalue weighted by Gasteiger charge is 2.30. The number of primary amides is 1. The molecule has 0 radical (unpaired) electrons. The van der Waals surface area contributed by atoms with E-state index in [-0.39, 0.29) is 22.6 Å². The first-order valence-electron chi connectivity index (χ1n) is 8.34. The minimum absolute atomic E-state index is 0.0954. The van der Waals surface area contributed by atoms with Gasteiger partial charge in [-0.1, -0.05) is 6.07 Å². The Balaban J connectivity index is 1.81. The van der Waals surface area contributed by atoms with Crippen molar-refractivity contribution in [2.24, 2.45) is 5.73 Å². The van der Waals surface area contributed by atoms with E-state index in [2.05, 4.69) is 15.6 Å². The van der Waals surface area contributed by atoms with Crippen LogP contribution in [0.1, 0.15) is 26.3 Å². The number of hydrogen-bond acceptors (Lipinski definition) is 4. The minimum atomic E-state index is -4.49. The van der Waals surface area contributed by atoms with Gasteiger partial charge in [-0.3, -0.25) is 9.59 Å². The lowest BCUT2D eigenvalue weighted by atomic mass is 10.1. The molecule has 0 atom stereocenters. The number of benzene rings is 2. The third-order valence-corrected chi connectivity index (χ3v) is 3.93. The number of hydrogen-bond donors (Lipinski definition) is 3. The summed E-state index contributed by atoms with van der Waals surface area (Å²) in [4.78, 5) is 27.8. The average Bonchev–Trinajstić information content (AvgIpc) is 2.68. The van der Waals surface area contributed by atoms with Crippen LogP contribution in [0, 0.1) is 0 Å². The fourth-order valence-corrected chi connectivity index (χ4v) is 2.51. The molecule has 3 rings (SSSR count). The van der Waals surface area contributed by atoms with Crippen molar-refractivity contribution in [3.05, 3.63) is 83.6 Å². The number of nitrogens with one attached hydrogen (secondary N) is 2. The number of carbonyl (C=O) groups excluding carboxylic acids is 2. The van der Waals surface area contributed by atoms with Gasteiger partial charge in [-0.2, -0.15) is 13.2 Å². The number of alkyl halides is 3. The number of nitrogens with zero attached hydrogens (tertiary/aromatic N) is 1. The van der Waals surface area contributed by atoms with Gasteiger partial charge in [0.1, 0.15) is 5.82 Å². The Morgan fingerprint density at radius 1 is 0.931 bits per heavy atom. The zero-order valence-electron chi connectivity index (χ0n) is 14.8. The van der Waals surface area contributed by atoms with Gasteiger partial charge in [-0.15, -0.1) is 0 Å². The van der Waals surface area contributed by atoms with Crippen molar-refractivity contribution in [2.45, 2.75) is 6.18 Å². The van der Waals surface area contributed by atoms with E-state index in [4.69, 9.17) is 5.73 Å². The van der Waals surface area contributed by atoms with Crippen LogP contribution in [0.5, 0.6) is 0 Å². The number of carbonyl (C=O) groups is 2. The first-order valence-corrected chi connectivity index (χ1v) is 8.34. The molecule has 0 fully saturated rings. The van der Waals surface area contributed by atoms with Gasteiger partial charge in [0.15, 0.2) is 0 Å². The molecule has 2 aromatic carbocycles. The maximum absolute atomic E-state index is 12.9. The van der Waals surface area contributed by atoms with Crippen LogP contribution in [0.25, 0.3) is 0 Å². The van der Waals surface area contributed by atoms with Gasteiger partial charge in [-0.05, 0) is 54.6 Å². The number of aromatic nitrogens is 1. The molecule has 0 spiro atoms. The smallest absolute Gasteiger partial charge is 0.366 e. The molecule has 1 heterocycles. The number of anilines is 3. The quantitative estimate of drug-likeness (QED) is 0.598. The van der Waals surface area contributed by atoms with E-state index >= 15 is 0 Å². The van der Waals surface area contributed by atoms with Crippen molar-refractivity contribution >= 4 is 29.0 Å². The molecule has 4 N–H and O–H groups in total. The topological polar surface area (TPSA) is 97.1 Å².